The van der Waals surface area contributed by atoms with Gasteiger partial charge in [-0.05, 0) is 18.9 Å². The molecule has 1 atom stereocenters. The van der Waals surface area contributed by atoms with E-state index >= 15 is 0 Å². The quantitative estimate of drug-likeness (QED) is 0.649. The summed E-state index contributed by atoms with van der Waals surface area (Å²) >= 11 is 0. The van der Waals surface area contributed by atoms with Gasteiger partial charge < -0.3 is 9.05 Å². The second-order valence-corrected chi connectivity index (χ2v) is 6.87. The largest absolute Gasteiger partial charge is 0.339 e. The number of hydrogen-bond acceptors (Lipinski definition) is 7. The predicted octanol–water partition coefficient (Wildman–Crippen LogP) is 2.83. The van der Waals surface area contributed by atoms with Crippen molar-refractivity contribution in [3.05, 3.63) is 47.4 Å². The predicted molar refractivity (Wildman–Crippen MR) is 88.3 cm³/mol. The average Bonchev–Trinajstić information content (AvgIpc) is 3.18. The van der Waals surface area contributed by atoms with Crippen LogP contribution in [0.2, 0.25) is 0 Å². The molecule has 0 aliphatic carbocycles. The minimum atomic E-state index is -1.24. The van der Waals surface area contributed by atoms with Gasteiger partial charge in [-0.1, -0.05) is 41.5 Å². The van der Waals surface area contributed by atoms with Crippen LogP contribution in [0.4, 0.5) is 0 Å². The van der Waals surface area contributed by atoms with Crippen molar-refractivity contribution in [2.24, 2.45) is 0 Å². The Morgan fingerprint density at radius 1 is 1.04 bits per heavy atom. The summed E-state index contributed by atoms with van der Waals surface area (Å²) in [4.78, 5) is 8.53. The molecular weight excluding hydrogens is 328 g/mol. The molecule has 0 N–H and O–H groups in total. The standard InChI is InChI=1S/C16H18N4O3S/c1-3-6-14-17-13(19-22-14)9-24(21)10-15-18-16(20-23-15)12-8-5-4-7-11(12)2/h4-5,7-8H,3,6,9-10H2,1-2H3/t24-/m0/s1. The average molecular weight is 346 g/mol. The van der Waals surface area contributed by atoms with Crippen LogP contribution < -0.4 is 0 Å². The van der Waals surface area contributed by atoms with E-state index in [9.17, 15) is 4.21 Å². The third kappa shape index (κ3) is 3.94. The first-order valence-electron chi connectivity index (χ1n) is 7.70. The molecule has 0 spiro atoms. The molecule has 0 fully saturated rings. The molecule has 0 radical (unpaired) electrons. The van der Waals surface area contributed by atoms with E-state index in [1.54, 1.807) is 0 Å². The topological polar surface area (TPSA) is 94.9 Å². The van der Waals surface area contributed by atoms with E-state index in [1.165, 1.54) is 0 Å². The van der Waals surface area contributed by atoms with Crippen LogP contribution in [-0.4, -0.2) is 24.5 Å². The molecule has 126 valence electrons. The number of aryl methyl sites for hydroxylation is 2. The van der Waals surface area contributed by atoms with Crippen LogP contribution in [0.3, 0.4) is 0 Å². The van der Waals surface area contributed by atoms with Crippen molar-refractivity contribution < 1.29 is 13.3 Å². The fourth-order valence-corrected chi connectivity index (χ4v) is 3.14. The van der Waals surface area contributed by atoms with E-state index in [2.05, 4.69) is 20.3 Å². The van der Waals surface area contributed by atoms with E-state index < -0.39 is 10.8 Å². The van der Waals surface area contributed by atoms with Crippen molar-refractivity contribution in [1.82, 2.24) is 20.3 Å². The summed E-state index contributed by atoms with van der Waals surface area (Å²) in [6.07, 6.45) is 1.65. The number of aromatic nitrogens is 4. The molecule has 2 heterocycles. The van der Waals surface area contributed by atoms with Crippen LogP contribution >= 0.6 is 0 Å². The van der Waals surface area contributed by atoms with Crippen LogP contribution in [0, 0.1) is 6.92 Å². The van der Waals surface area contributed by atoms with Gasteiger partial charge in [-0.2, -0.15) is 9.97 Å². The van der Waals surface area contributed by atoms with E-state index in [4.69, 9.17) is 9.05 Å². The van der Waals surface area contributed by atoms with Crippen molar-refractivity contribution in [3.63, 3.8) is 0 Å². The first-order valence-corrected chi connectivity index (χ1v) is 9.19. The minimum absolute atomic E-state index is 0.163. The summed E-state index contributed by atoms with van der Waals surface area (Å²) in [5.74, 6) is 2.22. The second-order valence-electron chi connectivity index (χ2n) is 5.41. The lowest BCUT2D eigenvalue weighted by molar-refractivity contribution is 0.373. The number of nitrogens with zero attached hydrogens (tertiary/aromatic N) is 4. The molecule has 0 aliphatic rings. The molecule has 0 bridgehead atoms. The highest BCUT2D eigenvalue weighted by atomic mass is 32.2. The van der Waals surface area contributed by atoms with Gasteiger partial charge in [0, 0.05) is 22.8 Å². The lowest BCUT2D eigenvalue weighted by atomic mass is 10.1. The Labute approximate surface area is 141 Å². The van der Waals surface area contributed by atoms with Crippen LogP contribution in [-0.2, 0) is 28.7 Å². The summed E-state index contributed by atoms with van der Waals surface area (Å²) < 4.78 is 22.5. The maximum absolute atomic E-state index is 12.2. The molecule has 0 saturated heterocycles. The van der Waals surface area contributed by atoms with Crippen molar-refractivity contribution >= 4 is 10.8 Å². The number of hydrogen-bond donors (Lipinski definition) is 0. The third-order valence-electron chi connectivity index (χ3n) is 3.40. The molecule has 0 amide bonds. The van der Waals surface area contributed by atoms with Gasteiger partial charge in [0.15, 0.2) is 5.82 Å². The van der Waals surface area contributed by atoms with Gasteiger partial charge >= 0.3 is 0 Å². The summed E-state index contributed by atoms with van der Waals surface area (Å²) in [6, 6.07) is 7.77. The molecule has 0 unspecified atom stereocenters. The number of rotatable bonds is 7. The Bertz CT molecular complexity index is 843. The van der Waals surface area contributed by atoms with E-state index in [0.717, 1.165) is 24.0 Å². The maximum atomic E-state index is 12.2. The SMILES string of the molecule is CCCc1nc(C[S@](=O)Cc2nc(-c3ccccc3C)no2)no1. The molecule has 7 nitrogen and oxygen atoms in total. The lowest BCUT2D eigenvalue weighted by Crippen LogP contribution is -2.01. The molecular formula is C16H18N4O3S. The molecule has 1 aromatic carbocycles. The fourth-order valence-electron chi connectivity index (χ4n) is 2.24. The molecule has 8 heteroatoms. The fraction of sp³-hybridized carbons (Fsp3) is 0.375. The molecule has 0 aliphatic heterocycles. The van der Waals surface area contributed by atoms with Gasteiger partial charge in [0.1, 0.15) is 5.75 Å². The third-order valence-corrected chi connectivity index (χ3v) is 4.55. The van der Waals surface area contributed by atoms with Gasteiger partial charge in [-0.15, -0.1) is 0 Å². The Balaban J connectivity index is 1.64. The van der Waals surface area contributed by atoms with Crippen molar-refractivity contribution in [2.45, 2.75) is 38.2 Å². The van der Waals surface area contributed by atoms with Crippen LogP contribution in [0.25, 0.3) is 11.4 Å². The molecule has 2 aromatic heterocycles. The molecule has 24 heavy (non-hydrogen) atoms. The van der Waals surface area contributed by atoms with Gasteiger partial charge in [0.2, 0.25) is 17.6 Å². The number of benzene rings is 1. The smallest absolute Gasteiger partial charge is 0.239 e. The molecule has 3 aromatic rings. The van der Waals surface area contributed by atoms with E-state index in [0.29, 0.717) is 23.4 Å². The second kappa shape index (κ2) is 7.48. The molecule has 3 rings (SSSR count). The Morgan fingerprint density at radius 2 is 1.83 bits per heavy atom. The molecule has 0 saturated carbocycles. The maximum Gasteiger partial charge on any atom is 0.239 e. The van der Waals surface area contributed by atoms with Crippen molar-refractivity contribution in [3.8, 4) is 11.4 Å². The van der Waals surface area contributed by atoms with E-state index in [1.807, 2.05) is 38.1 Å². The Kier molecular flexibility index (Phi) is 5.14. The zero-order valence-corrected chi connectivity index (χ0v) is 14.4. The van der Waals surface area contributed by atoms with Crippen LogP contribution in [0.5, 0.6) is 0 Å². The zero-order valence-electron chi connectivity index (χ0n) is 13.6. The minimum Gasteiger partial charge on any atom is -0.339 e. The zero-order chi connectivity index (χ0) is 16.9. The Morgan fingerprint density at radius 3 is 2.62 bits per heavy atom. The van der Waals surface area contributed by atoms with Crippen molar-refractivity contribution in [2.75, 3.05) is 0 Å². The summed E-state index contributed by atoms with van der Waals surface area (Å²) in [6.45, 7) is 4.01. The van der Waals surface area contributed by atoms with Crippen molar-refractivity contribution in [1.29, 1.82) is 0 Å². The first kappa shape index (κ1) is 16.5. The van der Waals surface area contributed by atoms with Gasteiger partial charge in [-0.25, -0.2) is 0 Å². The normalized spacial score (nSPS) is 12.4. The van der Waals surface area contributed by atoms with Gasteiger partial charge in [0.25, 0.3) is 0 Å². The summed E-state index contributed by atoms with van der Waals surface area (Å²) in [5, 5.41) is 7.80. The first-order chi connectivity index (χ1) is 11.7. The van der Waals surface area contributed by atoms with E-state index in [-0.39, 0.29) is 11.5 Å². The highest BCUT2D eigenvalue weighted by molar-refractivity contribution is 7.83. The summed E-state index contributed by atoms with van der Waals surface area (Å²) in [5.41, 5.74) is 1.96. The van der Waals surface area contributed by atoms with Crippen LogP contribution in [0.1, 0.15) is 36.5 Å². The van der Waals surface area contributed by atoms with Gasteiger partial charge in [-0.3, -0.25) is 4.21 Å². The monoisotopic (exact) mass is 346 g/mol. The van der Waals surface area contributed by atoms with Gasteiger partial charge in [0.05, 0.1) is 5.75 Å². The highest BCUT2D eigenvalue weighted by Crippen LogP contribution is 2.20. The van der Waals surface area contributed by atoms with Crippen LogP contribution in [0.15, 0.2) is 33.3 Å². The summed E-state index contributed by atoms with van der Waals surface area (Å²) in [7, 11) is -1.24. The Hall–Kier alpha value is -2.35. The lowest BCUT2D eigenvalue weighted by Gasteiger charge is -1.98. The highest BCUT2D eigenvalue weighted by Gasteiger charge is 2.15.